The molecule has 2 aromatic heterocycles. The maximum Gasteiger partial charge on any atom is 0.339 e. The number of nitrogens with zero attached hydrogens (tertiary/aromatic N) is 3. The second kappa shape index (κ2) is 6.69. The van der Waals surface area contributed by atoms with Crippen LogP contribution in [0.1, 0.15) is 29.3 Å². The van der Waals surface area contributed by atoms with E-state index < -0.39 is 17.0 Å². The van der Waals surface area contributed by atoms with Crippen LogP contribution in [0, 0.1) is 10.1 Å². The highest BCUT2D eigenvalue weighted by Gasteiger charge is 2.22. The lowest BCUT2D eigenvalue weighted by Gasteiger charge is -2.09. The van der Waals surface area contributed by atoms with Gasteiger partial charge in [0.1, 0.15) is 5.69 Å². The number of nitrogens with two attached hydrogens (primary N) is 1. The average molecular weight is 360 g/mol. The number of hydrogen-bond acceptors (Lipinski definition) is 9. The third-order valence-electron chi connectivity index (χ3n) is 3.27. The van der Waals surface area contributed by atoms with Crippen molar-refractivity contribution in [3.05, 3.63) is 57.3 Å². The Morgan fingerprint density at radius 2 is 2.20 bits per heavy atom. The van der Waals surface area contributed by atoms with Crippen LogP contribution in [0.15, 0.2) is 40.1 Å². The van der Waals surface area contributed by atoms with Gasteiger partial charge in [-0.1, -0.05) is 6.07 Å². The number of esters is 1. The number of nitrogen functional groups attached to an aromatic ring is 1. The largest absolute Gasteiger partial charge is 0.449 e. The van der Waals surface area contributed by atoms with Gasteiger partial charge >= 0.3 is 5.97 Å². The molecule has 2 heterocycles. The summed E-state index contributed by atoms with van der Waals surface area (Å²) in [6.07, 6.45) is -0.815. The van der Waals surface area contributed by atoms with Gasteiger partial charge in [-0.2, -0.15) is 0 Å². The van der Waals surface area contributed by atoms with Crippen molar-refractivity contribution < 1.29 is 18.9 Å². The number of benzene rings is 1. The van der Waals surface area contributed by atoms with Crippen molar-refractivity contribution in [2.45, 2.75) is 13.0 Å². The Labute approximate surface area is 145 Å². The maximum absolute atomic E-state index is 12.2. The fourth-order valence-electron chi connectivity index (χ4n) is 2.01. The Bertz CT molecular complexity index is 922. The monoisotopic (exact) mass is 360 g/mol. The van der Waals surface area contributed by atoms with E-state index in [-0.39, 0.29) is 22.8 Å². The molecule has 0 unspecified atom stereocenters. The summed E-state index contributed by atoms with van der Waals surface area (Å²) in [5.74, 6) is -0.302. The topological polar surface area (TPSA) is 134 Å². The zero-order valence-electron chi connectivity index (χ0n) is 12.9. The van der Waals surface area contributed by atoms with Gasteiger partial charge in [0.25, 0.3) is 17.5 Å². The van der Waals surface area contributed by atoms with Gasteiger partial charge in [0.05, 0.1) is 15.4 Å². The van der Waals surface area contributed by atoms with Crippen LogP contribution in [0.25, 0.3) is 10.8 Å². The van der Waals surface area contributed by atoms with Gasteiger partial charge in [0, 0.05) is 6.07 Å². The molecule has 1 aromatic carbocycles. The molecule has 0 fully saturated rings. The summed E-state index contributed by atoms with van der Waals surface area (Å²) in [6.45, 7) is 1.56. The summed E-state index contributed by atoms with van der Waals surface area (Å²) in [5.41, 5.74) is 5.11. The fourth-order valence-corrected chi connectivity index (χ4v) is 2.65. The fraction of sp³-hybridized carbons (Fsp3) is 0.133. The molecule has 0 aliphatic rings. The Kier molecular flexibility index (Phi) is 4.44. The van der Waals surface area contributed by atoms with Crippen LogP contribution in [0.4, 0.5) is 11.4 Å². The van der Waals surface area contributed by atoms with Crippen LogP contribution in [0.3, 0.4) is 0 Å². The predicted octanol–water partition coefficient (Wildman–Crippen LogP) is 3.21. The van der Waals surface area contributed by atoms with Crippen molar-refractivity contribution in [1.29, 1.82) is 0 Å². The van der Waals surface area contributed by atoms with E-state index in [1.165, 1.54) is 23.5 Å². The summed E-state index contributed by atoms with van der Waals surface area (Å²) in [6, 6.07) is 7.37. The molecule has 1 atom stereocenters. The first-order chi connectivity index (χ1) is 12.0. The maximum atomic E-state index is 12.2. The molecule has 128 valence electrons. The molecule has 3 aromatic rings. The van der Waals surface area contributed by atoms with Gasteiger partial charge < -0.3 is 14.9 Å². The molecule has 0 spiro atoms. The Hall–Kier alpha value is -3.27. The molecule has 3 rings (SSSR count). The van der Waals surface area contributed by atoms with Gasteiger partial charge in [-0.25, -0.2) is 4.79 Å². The van der Waals surface area contributed by atoms with Gasteiger partial charge in [-0.15, -0.1) is 21.5 Å². The number of hydrogen-bond donors (Lipinski definition) is 1. The van der Waals surface area contributed by atoms with Crippen LogP contribution < -0.4 is 5.73 Å². The number of rotatable bonds is 5. The highest BCUT2D eigenvalue weighted by Crippen LogP contribution is 2.27. The van der Waals surface area contributed by atoms with Crippen molar-refractivity contribution in [1.82, 2.24) is 10.2 Å². The Balaban J connectivity index is 1.75. The lowest BCUT2D eigenvalue weighted by molar-refractivity contribution is -0.383. The summed E-state index contributed by atoms with van der Waals surface area (Å²) >= 11 is 1.44. The van der Waals surface area contributed by atoms with Gasteiger partial charge in [-0.3, -0.25) is 10.1 Å². The van der Waals surface area contributed by atoms with E-state index in [0.717, 1.165) is 10.9 Å². The number of ether oxygens (including phenoxy) is 1. The highest BCUT2D eigenvalue weighted by atomic mass is 32.1. The molecular weight excluding hydrogens is 348 g/mol. The Morgan fingerprint density at radius 3 is 2.88 bits per heavy atom. The second-order valence-corrected chi connectivity index (χ2v) is 5.95. The SMILES string of the molecule is C[C@@H](OC(=O)c1ccc(N)c([N+](=O)[O-])c1)c1nnc(-c2cccs2)o1. The van der Waals surface area contributed by atoms with E-state index in [0.29, 0.717) is 5.89 Å². The molecule has 2 N–H and O–H groups in total. The van der Waals surface area contributed by atoms with Crippen molar-refractivity contribution in [2.24, 2.45) is 0 Å². The summed E-state index contributed by atoms with van der Waals surface area (Å²) < 4.78 is 10.7. The van der Waals surface area contributed by atoms with Gasteiger partial charge in [0.15, 0.2) is 6.10 Å². The first kappa shape index (κ1) is 16.6. The number of nitro groups is 1. The summed E-state index contributed by atoms with van der Waals surface area (Å²) in [5, 5.41) is 20.5. The second-order valence-electron chi connectivity index (χ2n) is 5.00. The molecule has 9 nitrogen and oxygen atoms in total. The van der Waals surface area contributed by atoms with E-state index >= 15 is 0 Å². The zero-order valence-corrected chi connectivity index (χ0v) is 13.7. The summed E-state index contributed by atoms with van der Waals surface area (Å²) in [4.78, 5) is 23.2. The van der Waals surface area contributed by atoms with E-state index in [1.807, 2.05) is 17.5 Å². The smallest absolute Gasteiger partial charge is 0.339 e. The number of nitro benzene ring substituents is 1. The lowest BCUT2D eigenvalue weighted by Crippen LogP contribution is -2.10. The Morgan fingerprint density at radius 1 is 1.40 bits per heavy atom. The molecule has 10 heteroatoms. The van der Waals surface area contributed by atoms with Gasteiger partial charge in [0.2, 0.25) is 0 Å². The van der Waals surface area contributed by atoms with Crippen LogP contribution >= 0.6 is 11.3 Å². The molecule has 0 saturated carbocycles. The average Bonchev–Trinajstić information content (AvgIpc) is 3.26. The normalized spacial score (nSPS) is 11.9. The van der Waals surface area contributed by atoms with E-state index in [4.69, 9.17) is 14.9 Å². The molecule has 0 amide bonds. The lowest BCUT2D eigenvalue weighted by atomic mass is 10.2. The number of carbonyl (C=O) groups is 1. The number of carbonyl (C=O) groups excluding carboxylic acids is 1. The van der Waals surface area contributed by atoms with Crippen LogP contribution in [-0.4, -0.2) is 21.1 Å². The minimum atomic E-state index is -0.815. The highest BCUT2D eigenvalue weighted by molar-refractivity contribution is 7.13. The van der Waals surface area contributed by atoms with Gasteiger partial charge in [-0.05, 0) is 30.5 Å². The van der Waals surface area contributed by atoms with Crippen LogP contribution in [0.2, 0.25) is 0 Å². The quantitative estimate of drug-likeness (QED) is 0.317. The molecule has 0 saturated heterocycles. The number of anilines is 1. The van der Waals surface area contributed by atoms with Crippen molar-refractivity contribution in [3.63, 3.8) is 0 Å². The first-order valence-electron chi connectivity index (χ1n) is 7.08. The van der Waals surface area contributed by atoms with E-state index in [1.54, 1.807) is 6.92 Å². The minimum Gasteiger partial charge on any atom is -0.449 e. The van der Waals surface area contributed by atoms with Crippen LogP contribution in [-0.2, 0) is 4.74 Å². The molecule has 0 aliphatic carbocycles. The van der Waals surface area contributed by atoms with Crippen LogP contribution in [0.5, 0.6) is 0 Å². The molecular formula is C15H12N4O5S. The van der Waals surface area contributed by atoms with E-state index in [2.05, 4.69) is 10.2 Å². The molecule has 0 aliphatic heterocycles. The molecule has 25 heavy (non-hydrogen) atoms. The number of thiophene rings is 1. The minimum absolute atomic E-state index is 0.00532. The van der Waals surface area contributed by atoms with Crippen molar-refractivity contribution >= 4 is 28.7 Å². The number of aromatic nitrogens is 2. The third kappa shape index (κ3) is 3.48. The third-order valence-corrected chi connectivity index (χ3v) is 4.12. The molecule has 0 bridgehead atoms. The molecule has 0 radical (unpaired) electrons. The van der Waals surface area contributed by atoms with Crippen molar-refractivity contribution in [3.8, 4) is 10.8 Å². The zero-order chi connectivity index (χ0) is 18.0. The predicted molar refractivity (Wildman–Crippen MR) is 89.0 cm³/mol. The standard InChI is InChI=1S/C15H12N4O5S/c1-8(13-17-18-14(24-13)12-3-2-6-25-12)23-15(20)9-4-5-10(16)11(7-9)19(21)22/h2-8H,16H2,1H3/t8-/m1/s1. The van der Waals surface area contributed by atoms with Crippen molar-refractivity contribution in [2.75, 3.05) is 5.73 Å². The van der Waals surface area contributed by atoms with E-state index in [9.17, 15) is 14.9 Å². The first-order valence-corrected chi connectivity index (χ1v) is 7.96. The summed E-state index contributed by atoms with van der Waals surface area (Å²) in [7, 11) is 0.